The number of nitrogens with zero attached hydrogens (tertiary/aromatic N) is 2. The van der Waals surface area contributed by atoms with Gasteiger partial charge in [-0.15, -0.1) is 0 Å². The summed E-state index contributed by atoms with van der Waals surface area (Å²) in [5, 5.41) is 2.64. The number of aromatic nitrogens is 2. The molecule has 1 aliphatic heterocycles. The molecular formula is C20H28N4O3. The number of fused-ring (bicyclic) bond motifs is 1. The first-order valence-corrected chi connectivity index (χ1v) is 9.50. The van der Waals surface area contributed by atoms with Crippen molar-refractivity contribution in [3.63, 3.8) is 0 Å². The molecule has 0 radical (unpaired) electrons. The van der Waals surface area contributed by atoms with Crippen molar-refractivity contribution in [2.45, 2.75) is 51.6 Å². The largest absolute Gasteiger partial charge is 0.444 e. The summed E-state index contributed by atoms with van der Waals surface area (Å²) in [6, 6.07) is 3.96. The number of pyridine rings is 1. The number of piperidine rings is 1. The zero-order valence-corrected chi connectivity index (χ0v) is 16.2. The summed E-state index contributed by atoms with van der Waals surface area (Å²) in [6.07, 6.45) is 5.52. The van der Waals surface area contributed by atoms with Crippen LogP contribution in [0.3, 0.4) is 0 Å². The second-order valence-corrected chi connectivity index (χ2v) is 7.98. The normalized spacial score (nSPS) is 15.7. The average molecular weight is 372 g/mol. The van der Waals surface area contributed by atoms with Crippen LogP contribution in [-0.4, -0.2) is 52.1 Å². The van der Waals surface area contributed by atoms with E-state index in [-0.39, 0.29) is 5.91 Å². The molecule has 2 amide bonds. The highest BCUT2D eigenvalue weighted by molar-refractivity contribution is 5.79. The summed E-state index contributed by atoms with van der Waals surface area (Å²) >= 11 is 0. The van der Waals surface area contributed by atoms with Gasteiger partial charge in [-0.25, -0.2) is 4.79 Å². The van der Waals surface area contributed by atoms with E-state index in [1.54, 1.807) is 0 Å². The molecule has 3 rings (SSSR count). The molecule has 146 valence electrons. The fourth-order valence-corrected chi connectivity index (χ4v) is 3.47. The van der Waals surface area contributed by atoms with Gasteiger partial charge in [-0.05, 0) is 57.2 Å². The summed E-state index contributed by atoms with van der Waals surface area (Å²) in [6.45, 7) is 7.19. The third kappa shape index (κ3) is 4.99. The Labute approximate surface area is 159 Å². The van der Waals surface area contributed by atoms with E-state index in [9.17, 15) is 9.59 Å². The highest BCUT2D eigenvalue weighted by Crippen LogP contribution is 2.32. The standard InChI is InChI=1S/C20H28N4O3/c1-20(2,3)27-19(26)22-10-6-17(25)24-11-7-14(8-12-24)15-13-23-16-5-4-9-21-18(15)16/h4-5,9,13-14,23H,6-8,10-12H2,1-3H3,(H,22,26). The minimum atomic E-state index is -0.534. The lowest BCUT2D eigenvalue weighted by atomic mass is 9.90. The smallest absolute Gasteiger partial charge is 0.407 e. The Morgan fingerprint density at radius 2 is 2.07 bits per heavy atom. The lowest BCUT2D eigenvalue weighted by Crippen LogP contribution is -2.40. The van der Waals surface area contributed by atoms with Gasteiger partial charge >= 0.3 is 6.09 Å². The lowest BCUT2D eigenvalue weighted by Gasteiger charge is -2.32. The number of nitrogens with one attached hydrogen (secondary N) is 2. The third-order valence-electron chi connectivity index (χ3n) is 4.76. The number of likely N-dealkylation sites (tertiary alicyclic amines) is 1. The Morgan fingerprint density at radius 1 is 1.33 bits per heavy atom. The average Bonchev–Trinajstić information content (AvgIpc) is 3.04. The van der Waals surface area contributed by atoms with Gasteiger partial charge in [0.2, 0.25) is 5.91 Å². The molecule has 0 atom stereocenters. The van der Waals surface area contributed by atoms with E-state index >= 15 is 0 Å². The van der Waals surface area contributed by atoms with Crippen LogP contribution in [0.1, 0.15) is 51.5 Å². The molecule has 0 unspecified atom stereocenters. The molecule has 2 aromatic heterocycles. The van der Waals surface area contributed by atoms with Crippen molar-refractivity contribution in [1.29, 1.82) is 0 Å². The second-order valence-electron chi connectivity index (χ2n) is 7.98. The minimum absolute atomic E-state index is 0.0709. The Morgan fingerprint density at radius 3 is 2.78 bits per heavy atom. The minimum Gasteiger partial charge on any atom is -0.444 e. The maximum Gasteiger partial charge on any atom is 0.407 e. The number of H-pyrrole nitrogens is 1. The molecule has 2 aromatic rings. The number of aromatic amines is 1. The van der Waals surface area contributed by atoms with E-state index in [1.807, 2.05) is 50.2 Å². The summed E-state index contributed by atoms with van der Waals surface area (Å²) < 4.78 is 5.17. The van der Waals surface area contributed by atoms with Crippen molar-refractivity contribution in [3.05, 3.63) is 30.1 Å². The zero-order valence-electron chi connectivity index (χ0n) is 16.2. The van der Waals surface area contributed by atoms with Crippen molar-refractivity contribution >= 4 is 23.0 Å². The molecule has 0 bridgehead atoms. The van der Waals surface area contributed by atoms with Crippen LogP contribution in [0.15, 0.2) is 24.5 Å². The van der Waals surface area contributed by atoms with Crippen LogP contribution in [0, 0.1) is 0 Å². The number of carbonyl (C=O) groups excluding carboxylic acids is 2. The maximum atomic E-state index is 12.4. The van der Waals surface area contributed by atoms with Crippen molar-refractivity contribution in [3.8, 4) is 0 Å². The number of alkyl carbamates (subject to hydrolysis) is 1. The predicted molar refractivity (Wildman–Crippen MR) is 104 cm³/mol. The van der Waals surface area contributed by atoms with E-state index in [0.717, 1.165) is 37.0 Å². The van der Waals surface area contributed by atoms with Crippen LogP contribution in [0.25, 0.3) is 11.0 Å². The summed E-state index contributed by atoms with van der Waals surface area (Å²) in [7, 11) is 0. The summed E-state index contributed by atoms with van der Waals surface area (Å²) in [5.41, 5.74) is 2.79. The Bertz CT molecular complexity index is 801. The molecule has 1 saturated heterocycles. The van der Waals surface area contributed by atoms with Crippen LogP contribution in [0.2, 0.25) is 0 Å². The molecule has 7 nitrogen and oxygen atoms in total. The molecule has 1 aliphatic rings. The highest BCUT2D eigenvalue weighted by atomic mass is 16.6. The lowest BCUT2D eigenvalue weighted by molar-refractivity contribution is -0.132. The van der Waals surface area contributed by atoms with E-state index in [1.165, 1.54) is 5.56 Å². The highest BCUT2D eigenvalue weighted by Gasteiger charge is 2.25. The zero-order chi connectivity index (χ0) is 19.4. The van der Waals surface area contributed by atoms with Crippen LogP contribution in [-0.2, 0) is 9.53 Å². The van der Waals surface area contributed by atoms with Gasteiger partial charge in [0.05, 0.1) is 11.0 Å². The molecule has 3 heterocycles. The van der Waals surface area contributed by atoms with E-state index in [2.05, 4.69) is 15.3 Å². The van der Waals surface area contributed by atoms with E-state index < -0.39 is 11.7 Å². The monoisotopic (exact) mass is 372 g/mol. The van der Waals surface area contributed by atoms with E-state index in [4.69, 9.17) is 4.74 Å². The topological polar surface area (TPSA) is 87.3 Å². The fourth-order valence-electron chi connectivity index (χ4n) is 3.47. The molecule has 7 heteroatoms. The summed E-state index contributed by atoms with van der Waals surface area (Å²) in [5.74, 6) is 0.485. The van der Waals surface area contributed by atoms with Gasteiger partial charge in [-0.3, -0.25) is 9.78 Å². The molecule has 27 heavy (non-hydrogen) atoms. The predicted octanol–water partition coefficient (Wildman–Crippen LogP) is 3.18. The van der Waals surface area contributed by atoms with Crippen LogP contribution >= 0.6 is 0 Å². The summed E-state index contributed by atoms with van der Waals surface area (Å²) in [4.78, 5) is 33.7. The van der Waals surface area contributed by atoms with Crippen molar-refractivity contribution in [2.24, 2.45) is 0 Å². The SMILES string of the molecule is CC(C)(C)OC(=O)NCCC(=O)N1CCC(c2c[nH]c3cccnc23)CC1. The van der Waals surface area contributed by atoms with Crippen LogP contribution < -0.4 is 5.32 Å². The molecule has 0 aromatic carbocycles. The van der Waals surface area contributed by atoms with Gasteiger partial charge in [0, 0.05) is 38.4 Å². The Hall–Kier alpha value is -2.57. The molecule has 0 aliphatic carbocycles. The second kappa shape index (κ2) is 7.98. The van der Waals surface area contributed by atoms with Gasteiger partial charge in [-0.2, -0.15) is 0 Å². The third-order valence-corrected chi connectivity index (χ3v) is 4.76. The van der Waals surface area contributed by atoms with Gasteiger partial charge < -0.3 is 19.9 Å². The Balaban J connectivity index is 1.45. The van der Waals surface area contributed by atoms with Gasteiger partial charge in [-0.1, -0.05) is 0 Å². The first-order chi connectivity index (χ1) is 12.8. The number of rotatable bonds is 4. The van der Waals surface area contributed by atoms with E-state index in [0.29, 0.717) is 18.9 Å². The molecule has 0 saturated carbocycles. The number of hydrogen-bond acceptors (Lipinski definition) is 4. The Kier molecular flexibility index (Phi) is 5.68. The maximum absolute atomic E-state index is 12.4. The number of carbonyl (C=O) groups is 2. The fraction of sp³-hybridized carbons (Fsp3) is 0.550. The van der Waals surface area contributed by atoms with Gasteiger partial charge in [0.25, 0.3) is 0 Å². The van der Waals surface area contributed by atoms with Crippen molar-refractivity contribution in [1.82, 2.24) is 20.2 Å². The molecular weight excluding hydrogens is 344 g/mol. The van der Waals surface area contributed by atoms with Crippen LogP contribution in [0.4, 0.5) is 4.79 Å². The first kappa shape index (κ1) is 19.2. The number of ether oxygens (including phenoxy) is 1. The first-order valence-electron chi connectivity index (χ1n) is 9.50. The van der Waals surface area contributed by atoms with Crippen molar-refractivity contribution in [2.75, 3.05) is 19.6 Å². The van der Waals surface area contributed by atoms with Crippen molar-refractivity contribution < 1.29 is 14.3 Å². The van der Waals surface area contributed by atoms with Gasteiger partial charge in [0.15, 0.2) is 0 Å². The number of amides is 2. The van der Waals surface area contributed by atoms with Gasteiger partial charge in [0.1, 0.15) is 5.60 Å². The van der Waals surface area contributed by atoms with Crippen LogP contribution in [0.5, 0.6) is 0 Å². The molecule has 2 N–H and O–H groups in total. The molecule has 1 fully saturated rings. The molecule has 0 spiro atoms. The quantitative estimate of drug-likeness (QED) is 0.863. The number of hydrogen-bond donors (Lipinski definition) is 2.